The molecule has 2 N–H and O–H groups in total. The largest absolute Gasteiger partial charge is 0.375 e. The van der Waals surface area contributed by atoms with E-state index in [0.29, 0.717) is 5.69 Å². The highest BCUT2D eigenvalue weighted by atomic mass is 16.6. The fraction of sp³-hybridized carbons (Fsp3) is 0.444. The SMILES string of the molecule is O=[N+]([O-])c1cnccc1NC1CCNC1. The van der Waals surface area contributed by atoms with Crippen molar-refractivity contribution >= 4 is 11.4 Å². The Morgan fingerprint density at radius 3 is 3.20 bits per heavy atom. The molecule has 1 aromatic heterocycles. The highest BCUT2D eigenvalue weighted by Crippen LogP contribution is 2.23. The molecule has 1 aliphatic heterocycles. The van der Waals surface area contributed by atoms with E-state index in [4.69, 9.17) is 0 Å². The van der Waals surface area contributed by atoms with Crippen LogP contribution in [0.1, 0.15) is 6.42 Å². The van der Waals surface area contributed by atoms with Crippen LogP contribution in [-0.2, 0) is 0 Å². The van der Waals surface area contributed by atoms with Crippen molar-refractivity contribution in [2.45, 2.75) is 12.5 Å². The summed E-state index contributed by atoms with van der Waals surface area (Å²) in [4.78, 5) is 14.0. The molecule has 1 saturated heterocycles. The molecular formula is C9H12N4O2. The van der Waals surface area contributed by atoms with Gasteiger partial charge in [-0.05, 0) is 19.0 Å². The smallest absolute Gasteiger partial charge is 0.310 e. The third kappa shape index (κ3) is 2.21. The minimum absolute atomic E-state index is 0.0319. The fourth-order valence-corrected chi connectivity index (χ4v) is 1.65. The predicted molar refractivity (Wildman–Crippen MR) is 55.8 cm³/mol. The number of hydrogen-bond acceptors (Lipinski definition) is 5. The van der Waals surface area contributed by atoms with Gasteiger partial charge in [0.15, 0.2) is 0 Å². The summed E-state index contributed by atoms with van der Waals surface area (Å²) in [6.45, 7) is 1.80. The molecule has 0 radical (unpaired) electrons. The Morgan fingerprint density at radius 1 is 1.67 bits per heavy atom. The van der Waals surface area contributed by atoms with Crippen LogP contribution in [0.2, 0.25) is 0 Å². The molecule has 2 rings (SSSR count). The van der Waals surface area contributed by atoms with E-state index in [-0.39, 0.29) is 11.7 Å². The number of aromatic nitrogens is 1. The Bertz CT molecular complexity index is 363. The van der Waals surface area contributed by atoms with Crippen molar-refractivity contribution in [3.8, 4) is 0 Å². The standard InChI is InChI=1S/C9H12N4O2/c14-13(15)9-6-11-4-2-8(9)12-7-1-3-10-5-7/h2,4,6-7,10H,1,3,5H2,(H,11,12). The number of rotatable bonds is 3. The van der Waals surface area contributed by atoms with Crippen molar-refractivity contribution in [2.24, 2.45) is 0 Å². The van der Waals surface area contributed by atoms with Crippen molar-refractivity contribution in [2.75, 3.05) is 18.4 Å². The molecule has 1 aliphatic rings. The van der Waals surface area contributed by atoms with Crippen LogP contribution in [-0.4, -0.2) is 29.0 Å². The van der Waals surface area contributed by atoms with Gasteiger partial charge in [0.2, 0.25) is 0 Å². The maximum Gasteiger partial charge on any atom is 0.310 e. The molecule has 6 nitrogen and oxygen atoms in total. The molecule has 0 spiro atoms. The van der Waals surface area contributed by atoms with Crippen molar-refractivity contribution in [3.05, 3.63) is 28.6 Å². The normalized spacial score (nSPS) is 20.1. The lowest BCUT2D eigenvalue weighted by atomic mass is 10.2. The zero-order chi connectivity index (χ0) is 10.7. The highest BCUT2D eigenvalue weighted by molar-refractivity contribution is 5.60. The van der Waals surface area contributed by atoms with E-state index >= 15 is 0 Å². The monoisotopic (exact) mass is 208 g/mol. The van der Waals surface area contributed by atoms with Gasteiger partial charge < -0.3 is 10.6 Å². The van der Waals surface area contributed by atoms with E-state index in [1.807, 2.05) is 0 Å². The average Bonchev–Trinajstić information content (AvgIpc) is 2.71. The second-order valence-corrected chi connectivity index (χ2v) is 3.48. The Kier molecular flexibility index (Phi) is 2.77. The van der Waals surface area contributed by atoms with Gasteiger partial charge in [-0.1, -0.05) is 0 Å². The molecule has 80 valence electrons. The first kappa shape index (κ1) is 9.85. The van der Waals surface area contributed by atoms with Gasteiger partial charge in [0.05, 0.1) is 4.92 Å². The van der Waals surface area contributed by atoms with E-state index in [9.17, 15) is 10.1 Å². The third-order valence-electron chi connectivity index (χ3n) is 2.42. The average molecular weight is 208 g/mol. The van der Waals surface area contributed by atoms with Gasteiger partial charge in [0.25, 0.3) is 0 Å². The maximum atomic E-state index is 10.7. The van der Waals surface area contributed by atoms with Gasteiger partial charge in [-0.3, -0.25) is 15.1 Å². The molecule has 2 heterocycles. The Morgan fingerprint density at radius 2 is 2.53 bits per heavy atom. The summed E-state index contributed by atoms with van der Waals surface area (Å²) in [6.07, 6.45) is 3.81. The number of nitrogens with zero attached hydrogens (tertiary/aromatic N) is 2. The minimum atomic E-state index is -0.419. The molecule has 1 unspecified atom stereocenters. The van der Waals surface area contributed by atoms with Gasteiger partial charge in [-0.25, -0.2) is 0 Å². The maximum absolute atomic E-state index is 10.7. The van der Waals surface area contributed by atoms with Crippen LogP contribution in [0.3, 0.4) is 0 Å². The van der Waals surface area contributed by atoms with Crippen LogP contribution < -0.4 is 10.6 Å². The van der Waals surface area contributed by atoms with E-state index in [1.165, 1.54) is 6.20 Å². The third-order valence-corrected chi connectivity index (χ3v) is 2.42. The zero-order valence-electron chi connectivity index (χ0n) is 8.14. The topological polar surface area (TPSA) is 80.1 Å². The van der Waals surface area contributed by atoms with Gasteiger partial charge in [0, 0.05) is 18.8 Å². The van der Waals surface area contributed by atoms with E-state index in [0.717, 1.165) is 19.5 Å². The lowest BCUT2D eigenvalue weighted by molar-refractivity contribution is -0.384. The van der Waals surface area contributed by atoms with Crippen molar-refractivity contribution in [3.63, 3.8) is 0 Å². The molecule has 6 heteroatoms. The summed E-state index contributed by atoms with van der Waals surface area (Å²) < 4.78 is 0. The predicted octanol–water partition coefficient (Wildman–Crippen LogP) is 0.764. The second kappa shape index (κ2) is 4.22. The van der Waals surface area contributed by atoms with Gasteiger partial charge in [-0.15, -0.1) is 0 Å². The molecule has 0 amide bonds. The number of nitro groups is 1. The van der Waals surface area contributed by atoms with Crippen molar-refractivity contribution < 1.29 is 4.92 Å². The van der Waals surface area contributed by atoms with Gasteiger partial charge in [-0.2, -0.15) is 0 Å². The number of nitrogens with one attached hydrogen (secondary N) is 2. The van der Waals surface area contributed by atoms with Gasteiger partial charge >= 0.3 is 5.69 Å². The van der Waals surface area contributed by atoms with Crippen LogP contribution in [0.5, 0.6) is 0 Å². The van der Waals surface area contributed by atoms with Crippen LogP contribution in [0.15, 0.2) is 18.5 Å². The molecule has 0 bridgehead atoms. The Hall–Kier alpha value is -1.69. The first-order chi connectivity index (χ1) is 7.27. The summed E-state index contributed by atoms with van der Waals surface area (Å²) in [7, 11) is 0. The lowest BCUT2D eigenvalue weighted by Crippen LogP contribution is -2.22. The summed E-state index contributed by atoms with van der Waals surface area (Å²) in [5.74, 6) is 0. The lowest BCUT2D eigenvalue weighted by Gasteiger charge is -2.12. The quantitative estimate of drug-likeness (QED) is 0.566. The van der Waals surface area contributed by atoms with Crippen molar-refractivity contribution in [1.82, 2.24) is 10.3 Å². The highest BCUT2D eigenvalue weighted by Gasteiger charge is 2.19. The first-order valence-corrected chi connectivity index (χ1v) is 4.83. The number of pyridine rings is 1. The molecule has 1 aromatic rings. The van der Waals surface area contributed by atoms with E-state index in [1.54, 1.807) is 12.3 Å². The van der Waals surface area contributed by atoms with Crippen LogP contribution in [0.4, 0.5) is 11.4 Å². The van der Waals surface area contributed by atoms with Crippen molar-refractivity contribution in [1.29, 1.82) is 0 Å². The van der Waals surface area contributed by atoms with Crippen LogP contribution >= 0.6 is 0 Å². The Labute approximate surface area is 86.9 Å². The summed E-state index contributed by atoms with van der Waals surface area (Å²) in [5.41, 5.74) is 0.577. The first-order valence-electron chi connectivity index (χ1n) is 4.83. The van der Waals surface area contributed by atoms with Crippen LogP contribution in [0.25, 0.3) is 0 Å². The second-order valence-electron chi connectivity index (χ2n) is 3.48. The summed E-state index contributed by atoms with van der Waals surface area (Å²) >= 11 is 0. The molecule has 15 heavy (non-hydrogen) atoms. The number of anilines is 1. The van der Waals surface area contributed by atoms with Gasteiger partial charge in [0.1, 0.15) is 11.9 Å². The van der Waals surface area contributed by atoms with Crippen LogP contribution in [0, 0.1) is 10.1 Å². The molecule has 0 aliphatic carbocycles. The minimum Gasteiger partial charge on any atom is -0.375 e. The molecule has 1 fully saturated rings. The molecular weight excluding hydrogens is 196 g/mol. The fourth-order valence-electron chi connectivity index (χ4n) is 1.65. The molecule has 0 aromatic carbocycles. The number of hydrogen-bond donors (Lipinski definition) is 2. The van der Waals surface area contributed by atoms with E-state index in [2.05, 4.69) is 15.6 Å². The Balaban J connectivity index is 2.15. The molecule has 0 saturated carbocycles. The van der Waals surface area contributed by atoms with E-state index < -0.39 is 4.92 Å². The zero-order valence-corrected chi connectivity index (χ0v) is 8.14. The summed E-state index contributed by atoms with van der Waals surface area (Å²) in [5, 5.41) is 17.0. The summed E-state index contributed by atoms with van der Waals surface area (Å²) in [6, 6.07) is 1.90. The molecule has 1 atom stereocenters.